The Kier molecular flexibility index (Phi) is 3.25. The molecule has 17 heavy (non-hydrogen) atoms. The largest absolute Gasteiger partial charge is 0.481 e. The van der Waals surface area contributed by atoms with Gasteiger partial charge in [-0.2, -0.15) is 0 Å². The van der Waals surface area contributed by atoms with Crippen LogP contribution in [0.3, 0.4) is 0 Å². The topological polar surface area (TPSA) is 77.0 Å². The molecule has 2 rings (SSSR count). The predicted molar refractivity (Wildman–Crippen MR) is 60.8 cm³/mol. The van der Waals surface area contributed by atoms with Crippen LogP contribution >= 0.6 is 0 Å². The van der Waals surface area contributed by atoms with Crippen LogP contribution in [0.5, 0.6) is 5.88 Å². The van der Waals surface area contributed by atoms with Crippen molar-refractivity contribution >= 4 is 11.6 Å². The number of pyridine rings is 1. The van der Waals surface area contributed by atoms with Gasteiger partial charge in [-0.15, -0.1) is 0 Å². The first-order valence-corrected chi connectivity index (χ1v) is 4.87. The molecule has 0 aliphatic rings. The number of amides is 1. The minimum atomic E-state index is -0.329. The lowest BCUT2D eigenvalue weighted by molar-refractivity contribution is 0.102. The second-order valence-corrected chi connectivity index (χ2v) is 3.13. The van der Waals surface area contributed by atoms with Crippen LogP contribution in [-0.4, -0.2) is 28.0 Å². The zero-order valence-corrected chi connectivity index (χ0v) is 9.12. The van der Waals surface area contributed by atoms with E-state index in [1.54, 1.807) is 12.1 Å². The summed E-state index contributed by atoms with van der Waals surface area (Å²) >= 11 is 0. The molecule has 2 aromatic heterocycles. The summed E-state index contributed by atoms with van der Waals surface area (Å²) < 4.78 is 4.91. The second-order valence-electron chi connectivity index (χ2n) is 3.13. The lowest BCUT2D eigenvalue weighted by Gasteiger charge is -2.04. The third-order valence-corrected chi connectivity index (χ3v) is 2.00. The summed E-state index contributed by atoms with van der Waals surface area (Å²) in [5, 5.41) is 2.65. The van der Waals surface area contributed by atoms with E-state index in [9.17, 15) is 4.79 Å². The second kappa shape index (κ2) is 5.02. The Bertz CT molecular complexity index is 499. The molecule has 0 bridgehead atoms. The van der Waals surface area contributed by atoms with Gasteiger partial charge < -0.3 is 10.1 Å². The van der Waals surface area contributed by atoms with Crippen LogP contribution in [0.2, 0.25) is 0 Å². The average Bonchev–Trinajstić information content (AvgIpc) is 2.40. The molecule has 0 atom stereocenters. The number of nitrogens with one attached hydrogen (secondary N) is 1. The third-order valence-electron chi connectivity index (χ3n) is 2.00. The van der Waals surface area contributed by atoms with Gasteiger partial charge in [0, 0.05) is 18.5 Å². The SMILES string of the molecule is COc1ccc(NC(=O)c2cnccn2)cn1. The van der Waals surface area contributed by atoms with Crippen LogP contribution in [0.15, 0.2) is 36.9 Å². The number of ether oxygens (including phenoxy) is 1. The summed E-state index contributed by atoms with van der Waals surface area (Å²) in [7, 11) is 1.53. The highest BCUT2D eigenvalue weighted by Gasteiger charge is 2.07. The Morgan fingerprint density at radius 2 is 2.12 bits per heavy atom. The van der Waals surface area contributed by atoms with Gasteiger partial charge in [0.05, 0.1) is 25.2 Å². The lowest BCUT2D eigenvalue weighted by atomic mass is 10.3. The lowest BCUT2D eigenvalue weighted by Crippen LogP contribution is -2.13. The molecule has 0 radical (unpaired) electrons. The van der Waals surface area contributed by atoms with Gasteiger partial charge in [-0.25, -0.2) is 9.97 Å². The molecule has 6 nitrogen and oxygen atoms in total. The molecule has 2 heterocycles. The van der Waals surface area contributed by atoms with E-state index in [2.05, 4.69) is 20.3 Å². The molecule has 0 unspecified atom stereocenters. The van der Waals surface area contributed by atoms with E-state index in [0.29, 0.717) is 11.6 Å². The zero-order valence-electron chi connectivity index (χ0n) is 9.12. The number of nitrogens with zero attached hydrogens (tertiary/aromatic N) is 3. The molecule has 0 aliphatic carbocycles. The van der Waals surface area contributed by atoms with E-state index in [1.165, 1.54) is 31.9 Å². The molecule has 1 N–H and O–H groups in total. The number of carbonyl (C=O) groups excluding carboxylic acids is 1. The van der Waals surface area contributed by atoms with E-state index in [0.717, 1.165) is 0 Å². The average molecular weight is 230 g/mol. The number of rotatable bonds is 3. The highest BCUT2D eigenvalue weighted by atomic mass is 16.5. The number of carbonyl (C=O) groups is 1. The van der Waals surface area contributed by atoms with Crippen molar-refractivity contribution in [2.24, 2.45) is 0 Å². The van der Waals surface area contributed by atoms with Crippen molar-refractivity contribution in [3.05, 3.63) is 42.6 Å². The van der Waals surface area contributed by atoms with Gasteiger partial charge in [-0.1, -0.05) is 0 Å². The number of aromatic nitrogens is 3. The molecule has 0 fully saturated rings. The van der Waals surface area contributed by atoms with Crippen molar-refractivity contribution in [2.75, 3.05) is 12.4 Å². The Morgan fingerprint density at radius 1 is 1.24 bits per heavy atom. The Morgan fingerprint density at radius 3 is 2.71 bits per heavy atom. The van der Waals surface area contributed by atoms with E-state index >= 15 is 0 Å². The van der Waals surface area contributed by atoms with Crippen molar-refractivity contribution in [1.82, 2.24) is 15.0 Å². The Labute approximate surface area is 97.7 Å². The number of hydrogen-bond donors (Lipinski definition) is 1. The maximum Gasteiger partial charge on any atom is 0.275 e. The molecule has 86 valence electrons. The number of anilines is 1. The van der Waals surface area contributed by atoms with Gasteiger partial charge in [0.1, 0.15) is 5.69 Å². The minimum absolute atomic E-state index is 0.253. The first kappa shape index (κ1) is 11.0. The Balaban J connectivity index is 2.08. The molecule has 1 amide bonds. The molecular formula is C11H10N4O2. The van der Waals surface area contributed by atoms with Crippen molar-refractivity contribution in [3.8, 4) is 5.88 Å². The van der Waals surface area contributed by atoms with Crippen LogP contribution in [-0.2, 0) is 0 Å². The predicted octanol–water partition coefficient (Wildman–Crippen LogP) is 1.13. The maximum absolute atomic E-state index is 11.7. The maximum atomic E-state index is 11.7. The molecule has 0 aromatic carbocycles. The quantitative estimate of drug-likeness (QED) is 0.855. The van der Waals surface area contributed by atoms with Gasteiger partial charge in [0.15, 0.2) is 0 Å². The highest BCUT2D eigenvalue weighted by molar-refractivity contribution is 6.02. The van der Waals surface area contributed by atoms with Crippen molar-refractivity contribution in [3.63, 3.8) is 0 Å². The molecule has 2 aromatic rings. The monoisotopic (exact) mass is 230 g/mol. The van der Waals surface area contributed by atoms with Gasteiger partial charge in [-0.3, -0.25) is 9.78 Å². The molecule has 0 saturated heterocycles. The number of methoxy groups -OCH3 is 1. The number of hydrogen-bond acceptors (Lipinski definition) is 5. The molecule has 0 aliphatic heterocycles. The highest BCUT2D eigenvalue weighted by Crippen LogP contribution is 2.11. The minimum Gasteiger partial charge on any atom is -0.481 e. The van der Waals surface area contributed by atoms with Crippen LogP contribution in [0.4, 0.5) is 5.69 Å². The van der Waals surface area contributed by atoms with Crippen molar-refractivity contribution in [2.45, 2.75) is 0 Å². The fourth-order valence-electron chi connectivity index (χ4n) is 1.19. The first-order chi connectivity index (χ1) is 8.29. The fraction of sp³-hybridized carbons (Fsp3) is 0.0909. The summed E-state index contributed by atoms with van der Waals surface area (Å²) in [6, 6.07) is 3.35. The van der Waals surface area contributed by atoms with Crippen molar-refractivity contribution < 1.29 is 9.53 Å². The van der Waals surface area contributed by atoms with E-state index < -0.39 is 0 Å². The summed E-state index contributed by atoms with van der Waals surface area (Å²) in [4.78, 5) is 23.4. The van der Waals surface area contributed by atoms with E-state index in [1.807, 2.05) is 0 Å². The van der Waals surface area contributed by atoms with Crippen LogP contribution in [0, 0.1) is 0 Å². The van der Waals surface area contributed by atoms with Gasteiger partial charge >= 0.3 is 0 Å². The summed E-state index contributed by atoms with van der Waals surface area (Å²) in [5.41, 5.74) is 0.824. The van der Waals surface area contributed by atoms with Crippen LogP contribution in [0.25, 0.3) is 0 Å². The molecule has 0 saturated carbocycles. The van der Waals surface area contributed by atoms with Gasteiger partial charge in [-0.05, 0) is 6.07 Å². The molecule has 6 heteroatoms. The normalized spacial score (nSPS) is 9.71. The standard InChI is InChI=1S/C11H10N4O2/c1-17-10-3-2-8(6-14-10)15-11(16)9-7-12-4-5-13-9/h2-7H,1H3,(H,15,16). The zero-order chi connectivity index (χ0) is 12.1. The summed E-state index contributed by atoms with van der Waals surface area (Å²) in [6.07, 6.45) is 5.87. The van der Waals surface area contributed by atoms with Gasteiger partial charge in [0.25, 0.3) is 5.91 Å². The van der Waals surface area contributed by atoms with E-state index in [4.69, 9.17) is 4.74 Å². The Hall–Kier alpha value is -2.50. The van der Waals surface area contributed by atoms with Gasteiger partial charge in [0.2, 0.25) is 5.88 Å². The summed E-state index contributed by atoms with van der Waals surface area (Å²) in [5.74, 6) is 0.160. The smallest absolute Gasteiger partial charge is 0.275 e. The van der Waals surface area contributed by atoms with Crippen molar-refractivity contribution in [1.29, 1.82) is 0 Å². The van der Waals surface area contributed by atoms with Crippen LogP contribution in [0.1, 0.15) is 10.5 Å². The molecule has 0 spiro atoms. The summed E-state index contributed by atoms with van der Waals surface area (Å²) in [6.45, 7) is 0. The van der Waals surface area contributed by atoms with E-state index in [-0.39, 0.29) is 11.6 Å². The molecular weight excluding hydrogens is 220 g/mol. The third kappa shape index (κ3) is 2.75. The first-order valence-electron chi connectivity index (χ1n) is 4.87. The van der Waals surface area contributed by atoms with Crippen LogP contribution < -0.4 is 10.1 Å². The fourth-order valence-corrected chi connectivity index (χ4v) is 1.19.